The third-order valence-corrected chi connectivity index (χ3v) is 5.81. The van der Waals surface area contributed by atoms with Crippen molar-refractivity contribution in [2.75, 3.05) is 26.4 Å². The summed E-state index contributed by atoms with van der Waals surface area (Å²) >= 11 is 0. The Morgan fingerprint density at radius 2 is 1.45 bits per heavy atom. The fourth-order valence-corrected chi connectivity index (χ4v) is 4.47. The summed E-state index contributed by atoms with van der Waals surface area (Å²) in [6.45, 7) is 8.88. The van der Waals surface area contributed by atoms with Crippen molar-refractivity contribution < 1.29 is 18.7 Å². The molecule has 1 unspecified atom stereocenters. The first kappa shape index (κ1) is 25.1. The smallest absolute Gasteiger partial charge is 0.220 e. The van der Waals surface area contributed by atoms with Crippen molar-refractivity contribution in [1.82, 2.24) is 0 Å². The molecule has 0 fully saturated rings. The van der Waals surface area contributed by atoms with E-state index in [0.717, 1.165) is 24.1 Å². The first-order valence-electron chi connectivity index (χ1n) is 11.2. The van der Waals surface area contributed by atoms with Gasteiger partial charge >= 0.3 is 0 Å². The zero-order valence-corrected chi connectivity index (χ0v) is 21.2. The minimum atomic E-state index is -1.88. The maximum Gasteiger partial charge on any atom is 0.220 e. The summed E-state index contributed by atoms with van der Waals surface area (Å²) in [6.07, 6.45) is 5.74. The first-order valence-corrected chi connectivity index (χ1v) is 14.6. The molecule has 0 heterocycles. The number of rotatable bonds is 13. The van der Waals surface area contributed by atoms with Crippen LogP contribution in [-0.2, 0) is 4.53 Å². The molecule has 0 radical (unpaired) electrons. The second-order valence-electron chi connectivity index (χ2n) is 8.69. The van der Waals surface area contributed by atoms with Gasteiger partial charge in [0.1, 0.15) is 0 Å². The van der Waals surface area contributed by atoms with Gasteiger partial charge in [0.15, 0.2) is 11.5 Å². The number of hydrogen-bond acceptors (Lipinski definition) is 5. The van der Waals surface area contributed by atoms with Crippen LogP contribution in [0, 0.1) is 0 Å². The van der Waals surface area contributed by atoms with Crippen LogP contribution in [0.1, 0.15) is 50.6 Å². The molecule has 0 aromatic heterocycles. The van der Waals surface area contributed by atoms with Crippen molar-refractivity contribution >= 4 is 14.0 Å². The van der Waals surface area contributed by atoms with Gasteiger partial charge in [-0.05, 0) is 55.9 Å². The Balaban J connectivity index is 2.56. The maximum atomic E-state index is 6.66. The zero-order valence-electron chi connectivity index (χ0n) is 20.2. The molecule has 2 aromatic carbocycles. The third kappa shape index (κ3) is 7.18. The van der Waals surface area contributed by atoms with Gasteiger partial charge < -0.3 is 18.7 Å². The average Bonchev–Trinajstić information content (AvgIpc) is 2.76. The van der Waals surface area contributed by atoms with Crippen LogP contribution in [0.2, 0.25) is 19.6 Å². The van der Waals surface area contributed by atoms with Crippen molar-refractivity contribution in [1.29, 1.82) is 0 Å². The monoisotopic (exact) mass is 445 g/mol. The Hall–Kier alpha value is -2.18. The summed E-state index contributed by atoms with van der Waals surface area (Å²) in [5.41, 5.74) is 2.15. The van der Waals surface area contributed by atoms with E-state index in [1.54, 1.807) is 21.3 Å². The summed E-state index contributed by atoms with van der Waals surface area (Å²) in [5, 5.41) is 2.11. The van der Waals surface area contributed by atoms with Gasteiger partial charge in [0.05, 0.1) is 33.1 Å². The van der Waals surface area contributed by atoms with Gasteiger partial charge in [-0.1, -0.05) is 50.8 Å². The Kier molecular flexibility index (Phi) is 9.71. The van der Waals surface area contributed by atoms with E-state index in [4.69, 9.17) is 18.7 Å². The molecule has 0 spiro atoms. The Bertz CT molecular complexity index is 767. The minimum absolute atomic E-state index is 0.0275. The van der Waals surface area contributed by atoms with Crippen LogP contribution in [0.15, 0.2) is 42.5 Å². The highest BCUT2D eigenvalue weighted by Gasteiger charge is 2.29. The zero-order chi connectivity index (χ0) is 22.9. The van der Waals surface area contributed by atoms with E-state index in [1.165, 1.54) is 19.3 Å². The lowest BCUT2D eigenvalue weighted by atomic mass is 9.98. The molecule has 0 aliphatic heterocycles. The predicted octanol–water partition coefficient (Wildman–Crippen LogP) is 7.00. The van der Waals surface area contributed by atoms with Crippen LogP contribution in [0.5, 0.6) is 17.2 Å². The SMILES string of the molecule is CCCCCCC(c1cc(OC)c(OC)c(OC)c1)N(O[Si](C)(C)C)c1ccccc1. The molecule has 172 valence electrons. The second-order valence-corrected chi connectivity index (χ2v) is 13.1. The molecule has 2 rings (SSSR count). The van der Waals surface area contributed by atoms with E-state index in [0.29, 0.717) is 17.2 Å². The fourth-order valence-electron chi connectivity index (χ4n) is 3.64. The Morgan fingerprint density at radius 1 is 0.839 bits per heavy atom. The summed E-state index contributed by atoms with van der Waals surface area (Å²) in [4.78, 5) is 0. The number of ether oxygens (including phenoxy) is 3. The van der Waals surface area contributed by atoms with Gasteiger partial charge in [0.25, 0.3) is 0 Å². The molecule has 2 aromatic rings. The number of methoxy groups -OCH3 is 3. The quantitative estimate of drug-likeness (QED) is 0.189. The van der Waals surface area contributed by atoms with Crippen LogP contribution < -0.4 is 19.3 Å². The van der Waals surface area contributed by atoms with Crippen LogP contribution in [0.4, 0.5) is 5.69 Å². The fraction of sp³-hybridized carbons (Fsp3) is 0.520. The highest BCUT2D eigenvalue weighted by atomic mass is 28.4. The van der Waals surface area contributed by atoms with Crippen LogP contribution in [-0.4, -0.2) is 29.6 Å². The van der Waals surface area contributed by atoms with Gasteiger partial charge in [-0.2, -0.15) is 0 Å². The topological polar surface area (TPSA) is 40.2 Å². The Morgan fingerprint density at radius 3 is 1.94 bits per heavy atom. The molecule has 0 bridgehead atoms. The van der Waals surface area contributed by atoms with Gasteiger partial charge in [-0.3, -0.25) is 5.06 Å². The van der Waals surface area contributed by atoms with Crippen LogP contribution in [0.25, 0.3) is 0 Å². The van der Waals surface area contributed by atoms with Crippen molar-refractivity contribution in [3.8, 4) is 17.2 Å². The highest BCUT2D eigenvalue weighted by Crippen LogP contribution is 2.43. The van der Waals surface area contributed by atoms with E-state index in [2.05, 4.69) is 68.0 Å². The lowest BCUT2D eigenvalue weighted by Gasteiger charge is -2.38. The molecule has 0 amide bonds. The molecule has 0 aliphatic carbocycles. The lowest BCUT2D eigenvalue weighted by Crippen LogP contribution is -2.40. The van der Waals surface area contributed by atoms with Gasteiger partial charge in [-0.15, -0.1) is 0 Å². The van der Waals surface area contributed by atoms with Gasteiger partial charge in [0.2, 0.25) is 14.1 Å². The van der Waals surface area contributed by atoms with Crippen molar-refractivity contribution in [3.63, 3.8) is 0 Å². The molecule has 0 saturated carbocycles. The van der Waals surface area contributed by atoms with Crippen molar-refractivity contribution in [2.24, 2.45) is 0 Å². The summed E-state index contributed by atoms with van der Waals surface area (Å²) < 4.78 is 23.5. The molecular formula is C25H39NO4Si. The summed E-state index contributed by atoms with van der Waals surface area (Å²) in [7, 11) is 3.07. The summed E-state index contributed by atoms with van der Waals surface area (Å²) in [5.74, 6) is 1.93. The molecule has 6 heteroatoms. The number of para-hydroxylation sites is 1. The minimum Gasteiger partial charge on any atom is -0.493 e. The molecule has 5 nitrogen and oxygen atoms in total. The van der Waals surface area contributed by atoms with E-state index >= 15 is 0 Å². The number of nitrogens with zero attached hydrogens (tertiary/aromatic N) is 1. The summed E-state index contributed by atoms with van der Waals surface area (Å²) in [6, 6.07) is 14.5. The van der Waals surface area contributed by atoms with Crippen molar-refractivity contribution in [2.45, 2.75) is 64.7 Å². The Labute approximate surface area is 189 Å². The normalized spacial score (nSPS) is 12.4. The molecule has 0 saturated heterocycles. The molecule has 1 atom stereocenters. The van der Waals surface area contributed by atoms with Crippen LogP contribution in [0.3, 0.4) is 0 Å². The predicted molar refractivity (Wildman–Crippen MR) is 131 cm³/mol. The standard InChI is InChI=1S/C25H39NO4Si/c1-8-9-10-14-17-22(20-18-23(27-2)25(29-4)24(19-20)28-3)26(30-31(5,6)7)21-15-12-11-13-16-21/h11-13,15-16,18-19,22H,8-10,14,17H2,1-7H3. The maximum absolute atomic E-state index is 6.66. The van der Waals surface area contributed by atoms with Gasteiger partial charge in [0, 0.05) is 0 Å². The lowest BCUT2D eigenvalue weighted by molar-refractivity contribution is 0.224. The number of benzene rings is 2. The molecule has 31 heavy (non-hydrogen) atoms. The van der Waals surface area contributed by atoms with Crippen LogP contribution >= 0.6 is 0 Å². The van der Waals surface area contributed by atoms with E-state index in [-0.39, 0.29) is 6.04 Å². The largest absolute Gasteiger partial charge is 0.493 e. The number of anilines is 1. The molecule has 0 N–H and O–H groups in total. The van der Waals surface area contributed by atoms with Gasteiger partial charge in [-0.25, -0.2) is 0 Å². The molecule has 0 aliphatic rings. The third-order valence-electron chi connectivity index (χ3n) is 5.07. The number of hydrogen-bond donors (Lipinski definition) is 0. The second kappa shape index (κ2) is 12.0. The van der Waals surface area contributed by atoms with Crippen molar-refractivity contribution in [3.05, 3.63) is 48.0 Å². The molecular weight excluding hydrogens is 406 g/mol. The van der Waals surface area contributed by atoms with E-state index in [9.17, 15) is 0 Å². The first-order chi connectivity index (χ1) is 14.8. The average molecular weight is 446 g/mol. The number of hydroxylamine groups is 1. The highest BCUT2D eigenvalue weighted by molar-refractivity contribution is 6.69. The van der Waals surface area contributed by atoms with E-state index < -0.39 is 8.32 Å². The number of unbranched alkanes of at least 4 members (excludes halogenated alkanes) is 3. The van der Waals surface area contributed by atoms with E-state index in [1.807, 2.05) is 6.07 Å².